The molecule has 9 heteroatoms. The van der Waals surface area contributed by atoms with Gasteiger partial charge in [-0.25, -0.2) is 13.4 Å². The molecule has 0 saturated carbocycles. The van der Waals surface area contributed by atoms with Crippen molar-refractivity contribution in [1.82, 2.24) is 14.9 Å². The molecular weight excluding hydrogens is 400 g/mol. The van der Waals surface area contributed by atoms with Crippen LogP contribution in [0.2, 0.25) is 5.02 Å². The summed E-state index contributed by atoms with van der Waals surface area (Å²) < 4.78 is 29.1. The number of carbonyl (C=O) groups is 1. The highest BCUT2D eigenvalue weighted by Gasteiger charge is 2.16. The first kappa shape index (κ1) is 19.9. The molecule has 28 heavy (non-hydrogen) atoms. The molecule has 0 fully saturated rings. The molecule has 0 aliphatic heterocycles. The van der Waals surface area contributed by atoms with Gasteiger partial charge in [-0.05, 0) is 36.8 Å². The Morgan fingerprint density at radius 3 is 2.61 bits per heavy atom. The summed E-state index contributed by atoms with van der Waals surface area (Å²) in [7, 11) is -3.72. The van der Waals surface area contributed by atoms with Gasteiger partial charge in [-0.2, -0.15) is 0 Å². The highest BCUT2D eigenvalue weighted by atomic mass is 35.5. The number of benzene rings is 2. The Kier molecular flexibility index (Phi) is 6.33. The largest absolute Gasteiger partial charge is 0.352 e. The maximum Gasteiger partial charge on any atom is 0.261 e. The number of aryl methyl sites for hydroxylation is 1. The summed E-state index contributed by atoms with van der Waals surface area (Å²) >= 11 is 6.19. The van der Waals surface area contributed by atoms with Crippen molar-refractivity contribution >= 4 is 33.2 Å². The lowest BCUT2D eigenvalue weighted by molar-refractivity contribution is 0.0953. The van der Waals surface area contributed by atoms with E-state index >= 15 is 0 Å². The Balaban J connectivity index is 1.59. The highest BCUT2D eigenvalue weighted by molar-refractivity contribution is 7.92. The van der Waals surface area contributed by atoms with Crippen molar-refractivity contribution in [2.45, 2.75) is 17.9 Å². The molecule has 3 aromatic rings. The molecule has 1 amide bonds. The smallest absolute Gasteiger partial charge is 0.261 e. The minimum absolute atomic E-state index is 0.144. The Morgan fingerprint density at radius 2 is 1.93 bits per heavy atom. The summed E-state index contributed by atoms with van der Waals surface area (Å²) in [5.41, 5.74) is 0.567. The molecule has 0 aliphatic rings. The molecule has 2 N–H and O–H groups in total. The first-order chi connectivity index (χ1) is 13.5. The summed E-state index contributed by atoms with van der Waals surface area (Å²) in [6.07, 6.45) is 6.02. The number of aromatic nitrogens is 2. The Labute approximate surface area is 168 Å². The fraction of sp³-hybridized carbons (Fsp3) is 0.158. The van der Waals surface area contributed by atoms with Gasteiger partial charge in [-0.3, -0.25) is 9.52 Å². The average Bonchev–Trinajstić information content (AvgIpc) is 3.19. The van der Waals surface area contributed by atoms with E-state index in [1.54, 1.807) is 30.7 Å². The molecule has 0 saturated heterocycles. The first-order valence-corrected chi connectivity index (χ1v) is 10.4. The van der Waals surface area contributed by atoms with E-state index in [2.05, 4.69) is 15.0 Å². The second-order valence-electron chi connectivity index (χ2n) is 6.02. The normalized spacial score (nSPS) is 11.2. The molecule has 7 nitrogen and oxygen atoms in total. The minimum Gasteiger partial charge on any atom is -0.352 e. The van der Waals surface area contributed by atoms with E-state index in [1.807, 2.05) is 10.8 Å². The Morgan fingerprint density at radius 1 is 1.14 bits per heavy atom. The van der Waals surface area contributed by atoms with Crippen molar-refractivity contribution in [2.24, 2.45) is 0 Å². The van der Waals surface area contributed by atoms with Crippen molar-refractivity contribution in [3.05, 3.63) is 77.8 Å². The van der Waals surface area contributed by atoms with E-state index in [9.17, 15) is 13.2 Å². The van der Waals surface area contributed by atoms with Gasteiger partial charge in [0.05, 0.1) is 27.5 Å². The quantitative estimate of drug-likeness (QED) is 0.549. The number of nitrogens with zero attached hydrogens (tertiary/aromatic N) is 2. The third-order valence-electron chi connectivity index (χ3n) is 3.96. The van der Waals surface area contributed by atoms with Gasteiger partial charge in [0, 0.05) is 25.5 Å². The van der Waals surface area contributed by atoms with Gasteiger partial charge in [0.2, 0.25) is 0 Å². The van der Waals surface area contributed by atoms with E-state index in [0.29, 0.717) is 6.54 Å². The van der Waals surface area contributed by atoms with Crippen LogP contribution in [0.15, 0.2) is 72.1 Å². The number of amides is 1. The van der Waals surface area contributed by atoms with Crippen molar-refractivity contribution in [2.75, 3.05) is 11.3 Å². The van der Waals surface area contributed by atoms with Crippen LogP contribution < -0.4 is 10.0 Å². The van der Waals surface area contributed by atoms with Crippen LogP contribution in [-0.4, -0.2) is 30.4 Å². The minimum atomic E-state index is -3.72. The molecule has 3 rings (SSSR count). The molecule has 0 spiro atoms. The van der Waals surface area contributed by atoms with E-state index in [-0.39, 0.29) is 27.1 Å². The molecule has 1 aromatic heterocycles. The number of halogens is 1. The Hall–Kier alpha value is -2.84. The maximum absolute atomic E-state index is 12.4. The molecule has 146 valence electrons. The SMILES string of the molecule is O=C(NCCCn1ccnc1)c1ccc(NS(=O)(=O)c2ccccc2)cc1Cl. The number of rotatable bonds is 8. The van der Waals surface area contributed by atoms with E-state index in [4.69, 9.17) is 11.6 Å². The van der Waals surface area contributed by atoms with Gasteiger partial charge >= 0.3 is 0 Å². The van der Waals surface area contributed by atoms with Crippen molar-refractivity contribution < 1.29 is 13.2 Å². The van der Waals surface area contributed by atoms with Crippen LogP contribution in [-0.2, 0) is 16.6 Å². The zero-order chi connectivity index (χ0) is 20.0. The predicted octanol–water partition coefficient (Wildman–Crippen LogP) is 3.16. The van der Waals surface area contributed by atoms with Gasteiger partial charge in [0.1, 0.15) is 0 Å². The van der Waals surface area contributed by atoms with Crippen LogP contribution in [0, 0.1) is 0 Å². The highest BCUT2D eigenvalue weighted by Crippen LogP contribution is 2.23. The molecule has 1 heterocycles. The number of hydrogen-bond donors (Lipinski definition) is 2. The van der Waals surface area contributed by atoms with Crippen LogP contribution in [0.3, 0.4) is 0 Å². The number of carbonyl (C=O) groups excluding carboxylic acids is 1. The summed E-state index contributed by atoms with van der Waals surface area (Å²) in [6.45, 7) is 1.23. The lowest BCUT2D eigenvalue weighted by atomic mass is 10.2. The summed E-state index contributed by atoms with van der Waals surface area (Å²) in [5.74, 6) is -0.312. The second-order valence-corrected chi connectivity index (χ2v) is 8.11. The molecule has 0 unspecified atom stereocenters. The number of hydrogen-bond acceptors (Lipinski definition) is 4. The van der Waals surface area contributed by atoms with Gasteiger partial charge in [0.15, 0.2) is 0 Å². The van der Waals surface area contributed by atoms with Crippen LogP contribution in [0.5, 0.6) is 0 Å². The maximum atomic E-state index is 12.4. The van der Waals surface area contributed by atoms with Crippen molar-refractivity contribution in [3.63, 3.8) is 0 Å². The average molecular weight is 419 g/mol. The standard InChI is InChI=1S/C19H19ClN4O3S/c20-18-13-15(23-28(26,27)16-5-2-1-3-6-16)7-8-17(18)19(25)22-9-4-11-24-12-10-21-14-24/h1-3,5-8,10,12-14,23H,4,9,11H2,(H,22,25). The number of imidazole rings is 1. The van der Waals surface area contributed by atoms with E-state index in [0.717, 1.165) is 13.0 Å². The van der Waals surface area contributed by atoms with Crippen LogP contribution >= 0.6 is 11.6 Å². The molecule has 0 aliphatic carbocycles. The molecular formula is C19H19ClN4O3S. The summed E-state index contributed by atoms with van der Waals surface area (Å²) in [5, 5.41) is 2.97. The predicted molar refractivity (Wildman–Crippen MR) is 108 cm³/mol. The topological polar surface area (TPSA) is 93.1 Å². The number of sulfonamides is 1. The number of anilines is 1. The van der Waals surface area contributed by atoms with Crippen LogP contribution in [0.25, 0.3) is 0 Å². The first-order valence-electron chi connectivity index (χ1n) is 8.57. The van der Waals surface area contributed by atoms with E-state index in [1.165, 1.54) is 30.3 Å². The molecule has 0 radical (unpaired) electrons. The summed E-state index contributed by atoms with van der Waals surface area (Å²) in [6, 6.07) is 12.4. The van der Waals surface area contributed by atoms with E-state index < -0.39 is 10.0 Å². The number of nitrogens with one attached hydrogen (secondary N) is 2. The third-order valence-corrected chi connectivity index (χ3v) is 5.67. The van der Waals surface area contributed by atoms with Gasteiger partial charge in [0.25, 0.3) is 15.9 Å². The van der Waals surface area contributed by atoms with Gasteiger partial charge < -0.3 is 9.88 Å². The monoisotopic (exact) mass is 418 g/mol. The zero-order valence-corrected chi connectivity index (χ0v) is 16.4. The zero-order valence-electron chi connectivity index (χ0n) is 14.9. The Bertz CT molecular complexity index is 1040. The second kappa shape index (κ2) is 8.90. The lowest BCUT2D eigenvalue weighted by Crippen LogP contribution is -2.25. The summed E-state index contributed by atoms with van der Waals surface area (Å²) in [4.78, 5) is 16.4. The van der Waals surface area contributed by atoms with Crippen molar-refractivity contribution in [3.8, 4) is 0 Å². The third kappa shape index (κ3) is 5.11. The molecule has 0 atom stereocenters. The van der Waals surface area contributed by atoms with Gasteiger partial charge in [-0.15, -0.1) is 0 Å². The molecule has 2 aromatic carbocycles. The van der Waals surface area contributed by atoms with Crippen molar-refractivity contribution in [1.29, 1.82) is 0 Å². The van der Waals surface area contributed by atoms with Gasteiger partial charge in [-0.1, -0.05) is 29.8 Å². The van der Waals surface area contributed by atoms with Crippen LogP contribution in [0.4, 0.5) is 5.69 Å². The fourth-order valence-corrected chi connectivity index (χ4v) is 3.89. The molecule has 0 bridgehead atoms. The van der Waals surface area contributed by atoms with Crippen LogP contribution in [0.1, 0.15) is 16.8 Å². The lowest BCUT2D eigenvalue weighted by Gasteiger charge is -2.11. The fourth-order valence-electron chi connectivity index (χ4n) is 2.55.